The molecule has 2 nitrogen and oxygen atoms in total. The van der Waals surface area contributed by atoms with Crippen LogP contribution in [0.4, 0.5) is 4.39 Å². The summed E-state index contributed by atoms with van der Waals surface area (Å²) in [4.78, 5) is 11.8. The molecule has 82 valence electrons. The number of hydrogen-bond donors (Lipinski definition) is 1. The monoisotopic (exact) mass is 228 g/mol. The summed E-state index contributed by atoms with van der Waals surface area (Å²) in [7, 11) is 0. The van der Waals surface area contributed by atoms with E-state index in [1.807, 2.05) is 0 Å². The summed E-state index contributed by atoms with van der Waals surface area (Å²) >= 11 is 1.33. The van der Waals surface area contributed by atoms with Crippen LogP contribution < -0.4 is 0 Å². The Hall–Kier alpha value is -0.870. The highest BCUT2D eigenvalue weighted by Crippen LogP contribution is 2.23. The molecule has 0 aliphatic rings. The summed E-state index contributed by atoms with van der Waals surface area (Å²) < 4.78 is 12.6. The van der Waals surface area contributed by atoms with Gasteiger partial charge in [0.25, 0.3) is 0 Å². The molecule has 0 heterocycles. The van der Waals surface area contributed by atoms with Crippen LogP contribution in [0, 0.1) is 5.82 Å². The SMILES string of the molecule is CC(=O)C(C)(O)CSc1ccc(F)cc1. The van der Waals surface area contributed by atoms with E-state index in [0.717, 1.165) is 4.90 Å². The molecule has 1 N–H and O–H groups in total. The molecule has 0 saturated carbocycles. The van der Waals surface area contributed by atoms with Crippen molar-refractivity contribution < 1.29 is 14.3 Å². The van der Waals surface area contributed by atoms with E-state index in [2.05, 4.69) is 0 Å². The molecule has 0 saturated heterocycles. The molecule has 0 radical (unpaired) electrons. The van der Waals surface area contributed by atoms with Crippen LogP contribution >= 0.6 is 11.8 Å². The van der Waals surface area contributed by atoms with Crippen molar-refractivity contribution in [3.05, 3.63) is 30.1 Å². The number of ketones is 1. The second-order valence-electron chi connectivity index (χ2n) is 3.57. The van der Waals surface area contributed by atoms with Gasteiger partial charge in [-0.25, -0.2) is 4.39 Å². The van der Waals surface area contributed by atoms with Crippen molar-refractivity contribution in [3.8, 4) is 0 Å². The summed E-state index contributed by atoms with van der Waals surface area (Å²) in [6.45, 7) is 2.83. The van der Waals surface area contributed by atoms with Crippen LogP contribution in [0.25, 0.3) is 0 Å². The lowest BCUT2D eigenvalue weighted by molar-refractivity contribution is -0.131. The van der Waals surface area contributed by atoms with Gasteiger partial charge in [0.05, 0.1) is 0 Å². The number of Topliss-reactive ketones (excluding diaryl/α,β-unsaturated/α-hetero) is 1. The zero-order valence-corrected chi connectivity index (χ0v) is 9.47. The van der Waals surface area contributed by atoms with E-state index in [-0.39, 0.29) is 17.4 Å². The van der Waals surface area contributed by atoms with Gasteiger partial charge < -0.3 is 5.11 Å². The summed E-state index contributed by atoms with van der Waals surface area (Å²) in [5.41, 5.74) is -1.32. The lowest BCUT2D eigenvalue weighted by atomic mass is 10.1. The molecule has 4 heteroatoms. The van der Waals surface area contributed by atoms with E-state index in [1.165, 1.54) is 37.7 Å². The van der Waals surface area contributed by atoms with Crippen molar-refractivity contribution in [2.24, 2.45) is 0 Å². The molecule has 0 fully saturated rings. The number of aliphatic hydroxyl groups is 1. The Morgan fingerprint density at radius 3 is 2.47 bits per heavy atom. The van der Waals surface area contributed by atoms with Crippen LogP contribution in [0.3, 0.4) is 0 Å². The van der Waals surface area contributed by atoms with E-state index < -0.39 is 5.60 Å². The number of halogens is 1. The van der Waals surface area contributed by atoms with E-state index in [4.69, 9.17) is 0 Å². The van der Waals surface area contributed by atoms with Crippen LogP contribution in [-0.4, -0.2) is 22.2 Å². The molecule has 0 aliphatic carbocycles. The van der Waals surface area contributed by atoms with Crippen molar-refractivity contribution in [2.75, 3.05) is 5.75 Å². The van der Waals surface area contributed by atoms with Gasteiger partial charge >= 0.3 is 0 Å². The standard InChI is InChI=1S/C11H13FO2S/c1-8(13)11(2,14)7-15-10-5-3-9(12)4-6-10/h3-6,14H,7H2,1-2H3. The first-order chi connectivity index (χ1) is 6.92. The number of benzene rings is 1. The Bertz CT molecular complexity index is 346. The van der Waals surface area contributed by atoms with Gasteiger partial charge in [0, 0.05) is 10.6 Å². The van der Waals surface area contributed by atoms with Gasteiger partial charge in [-0.1, -0.05) is 0 Å². The minimum atomic E-state index is -1.32. The summed E-state index contributed by atoms with van der Waals surface area (Å²) in [5.74, 6) is -0.289. The van der Waals surface area contributed by atoms with Crippen LogP contribution in [0.15, 0.2) is 29.2 Å². The third-order valence-electron chi connectivity index (χ3n) is 2.09. The van der Waals surface area contributed by atoms with Crippen LogP contribution in [0.5, 0.6) is 0 Å². The van der Waals surface area contributed by atoms with Gasteiger partial charge in [-0.15, -0.1) is 11.8 Å². The predicted molar refractivity (Wildman–Crippen MR) is 58.4 cm³/mol. The first kappa shape index (κ1) is 12.2. The minimum Gasteiger partial charge on any atom is -0.382 e. The number of hydrogen-bond acceptors (Lipinski definition) is 3. The largest absolute Gasteiger partial charge is 0.382 e. The molecule has 1 aromatic carbocycles. The number of carbonyl (C=O) groups excluding carboxylic acids is 1. The molecule has 0 amide bonds. The molecule has 1 atom stereocenters. The second kappa shape index (κ2) is 4.77. The Morgan fingerprint density at radius 1 is 1.47 bits per heavy atom. The predicted octanol–water partition coefficient (Wildman–Crippen LogP) is 2.26. The maximum absolute atomic E-state index is 12.6. The molecule has 0 aromatic heterocycles. The van der Waals surface area contributed by atoms with E-state index >= 15 is 0 Å². The van der Waals surface area contributed by atoms with Crippen molar-refractivity contribution in [3.63, 3.8) is 0 Å². The van der Waals surface area contributed by atoms with Gasteiger partial charge in [0.1, 0.15) is 11.4 Å². The number of carbonyl (C=O) groups is 1. The Labute approximate surface area is 92.5 Å². The molecular formula is C11H13FO2S. The first-order valence-electron chi connectivity index (χ1n) is 4.53. The van der Waals surface area contributed by atoms with Crippen molar-refractivity contribution in [1.82, 2.24) is 0 Å². The highest BCUT2D eigenvalue weighted by atomic mass is 32.2. The summed E-state index contributed by atoms with van der Waals surface area (Å²) in [6, 6.07) is 5.95. The molecule has 0 bridgehead atoms. The Morgan fingerprint density at radius 2 is 2.00 bits per heavy atom. The van der Waals surface area contributed by atoms with Crippen LogP contribution in [0.2, 0.25) is 0 Å². The molecule has 1 unspecified atom stereocenters. The van der Waals surface area contributed by atoms with Crippen LogP contribution in [0.1, 0.15) is 13.8 Å². The molecule has 1 rings (SSSR count). The molecule has 0 spiro atoms. The number of thioether (sulfide) groups is 1. The topological polar surface area (TPSA) is 37.3 Å². The van der Waals surface area contributed by atoms with Gasteiger partial charge in [-0.3, -0.25) is 4.79 Å². The van der Waals surface area contributed by atoms with Crippen molar-refractivity contribution in [2.45, 2.75) is 24.3 Å². The zero-order valence-electron chi connectivity index (χ0n) is 8.66. The Kier molecular flexibility index (Phi) is 3.88. The van der Waals surface area contributed by atoms with Crippen molar-refractivity contribution >= 4 is 17.5 Å². The van der Waals surface area contributed by atoms with Crippen molar-refractivity contribution in [1.29, 1.82) is 0 Å². The quantitative estimate of drug-likeness (QED) is 0.803. The smallest absolute Gasteiger partial charge is 0.161 e. The van der Waals surface area contributed by atoms with E-state index in [0.29, 0.717) is 0 Å². The van der Waals surface area contributed by atoms with Gasteiger partial charge in [-0.2, -0.15) is 0 Å². The van der Waals surface area contributed by atoms with E-state index in [1.54, 1.807) is 12.1 Å². The molecule has 15 heavy (non-hydrogen) atoms. The normalized spacial score (nSPS) is 14.7. The fourth-order valence-corrected chi connectivity index (χ4v) is 1.84. The molecular weight excluding hydrogens is 215 g/mol. The van der Waals surface area contributed by atoms with E-state index in [9.17, 15) is 14.3 Å². The highest BCUT2D eigenvalue weighted by Gasteiger charge is 2.26. The first-order valence-corrected chi connectivity index (χ1v) is 5.52. The van der Waals surface area contributed by atoms with Gasteiger partial charge in [0.15, 0.2) is 5.78 Å². The summed E-state index contributed by atoms with van der Waals surface area (Å²) in [5, 5.41) is 9.66. The maximum atomic E-state index is 12.6. The maximum Gasteiger partial charge on any atom is 0.161 e. The fraction of sp³-hybridized carbons (Fsp3) is 0.364. The third kappa shape index (κ3) is 3.64. The second-order valence-corrected chi connectivity index (χ2v) is 4.62. The van der Waals surface area contributed by atoms with Gasteiger partial charge in [0.2, 0.25) is 0 Å². The lowest BCUT2D eigenvalue weighted by Crippen LogP contribution is -2.35. The third-order valence-corrected chi connectivity index (χ3v) is 3.40. The molecule has 0 aliphatic heterocycles. The van der Waals surface area contributed by atoms with Crippen LogP contribution in [-0.2, 0) is 4.79 Å². The average molecular weight is 228 g/mol. The number of rotatable bonds is 4. The highest BCUT2D eigenvalue weighted by molar-refractivity contribution is 7.99. The molecule has 1 aromatic rings. The zero-order chi connectivity index (χ0) is 11.5. The Balaban J connectivity index is 2.57. The summed E-state index contributed by atoms with van der Waals surface area (Å²) in [6.07, 6.45) is 0. The van der Waals surface area contributed by atoms with Gasteiger partial charge in [-0.05, 0) is 38.1 Å². The lowest BCUT2D eigenvalue weighted by Gasteiger charge is -2.18. The average Bonchev–Trinajstić information content (AvgIpc) is 2.17. The fourth-order valence-electron chi connectivity index (χ4n) is 0.856. The minimum absolute atomic E-state index is 0.267.